The van der Waals surface area contributed by atoms with E-state index in [-0.39, 0.29) is 0 Å². The molecule has 3 aliphatic rings. The number of piperazine rings is 1. The molecule has 0 aliphatic carbocycles. The fourth-order valence-electron chi connectivity index (χ4n) is 4.41. The molecule has 0 aromatic carbocycles. The summed E-state index contributed by atoms with van der Waals surface area (Å²) in [5.41, 5.74) is 0. The quantitative estimate of drug-likeness (QED) is 0.827. The Morgan fingerprint density at radius 3 is 2.58 bits per heavy atom. The Morgan fingerprint density at radius 1 is 1.17 bits per heavy atom. The van der Waals surface area contributed by atoms with Crippen molar-refractivity contribution in [3.63, 3.8) is 0 Å². The summed E-state index contributed by atoms with van der Waals surface area (Å²) in [7, 11) is 0. The van der Waals surface area contributed by atoms with Gasteiger partial charge in [-0.1, -0.05) is 6.92 Å². The van der Waals surface area contributed by atoms with E-state index in [0.717, 1.165) is 64.8 Å². The number of nitrogens with one attached hydrogen (secondary N) is 1. The van der Waals surface area contributed by atoms with Crippen LogP contribution < -0.4 is 5.32 Å². The smallest absolute Gasteiger partial charge is 0.222 e. The number of piperidine rings is 1. The number of nitrogens with zero attached hydrogens (tertiary/aromatic N) is 2. The second kappa shape index (κ2) is 9.16. The molecule has 0 aromatic rings. The maximum absolute atomic E-state index is 12.6. The predicted molar refractivity (Wildman–Crippen MR) is 95.9 cm³/mol. The van der Waals surface area contributed by atoms with Crippen molar-refractivity contribution in [2.45, 2.75) is 39.0 Å². The van der Waals surface area contributed by atoms with Gasteiger partial charge in [-0.25, -0.2) is 0 Å². The molecule has 3 fully saturated rings. The van der Waals surface area contributed by atoms with Crippen LogP contribution >= 0.6 is 0 Å². The minimum atomic E-state index is 0.374. The van der Waals surface area contributed by atoms with Crippen LogP contribution in [0.2, 0.25) is 0 Å². The zero-order valence-electron chi connectivity index (χ0n) is 15.3. The molecule has 2 unspecified atom stereocenters. The van der Waals surface area contributed by atoms with E-state index >= 15 is 0 Å². The van der Waals surface area contributed by atoms with Crippen molar-refractivity contribution in [3.05, 3.63) is 0 Å². The van der Waals surface area contributed by atoms with Crippen molar-refractivity contribution in [3.8, 4) is 0 Å². The molecule has 2 atom stereocenters. The van der Waals surface area contributed by atoms with Gasteiger partial charge in [0, 0.05) is 52.4 Å². The first kappa shape index (κ1) is 18.2. The summed E-state index contributed by atoms with van der Waals surface area (Å²) < 4.78 is 5.45. The lowest BCUT2D eigenvalue weighted by atomic mass is 9.85. The first-order valence-corrected chi connectivity index (χ1v) is 10.0. The van der Waals surface area contributed by atoms with Crippen molar-refractivity contribution in [2.75, 3.05) is 59.0 Å². The third-order valence-corrected chi connectivity index (χ3v) is 6.22. The van der Waals surface area contributed by atoms with Gasteiger partial charge in [-0.2, -0.15) is 0 Å². The summed E-state index contributed by atoms with van der Waals surface area (Å²) in [4.78, 5) is 17.3. The molecule has 0 aromatic heterocycles. The summed E-state index contributed by atoms with van der Waals surface area (Å²) in [6, 6.07) is 0. The molecule has 1 amide bonds. The second-order valence-corrected chi connectivity index (χ2v) is 8.02. The average molecular weight is 338 g/mol. The van der Waals surface area contributed by atoms with E-state index in [0.29, 0.717) is 17.7 Å². The molecule has 3 heterocycles. The monoisotopic (exact) mass is 337 g/mol. The van der Waals surface area contributed by atoms with Crippen LogP contribution in [-0.2, 0) is 9.53 Å². The molecule has 0 saturated carbocycles. The topological polar surface area (TPSA) is 44.8 Å². The van der Waals surface area contributed by atoms with E-state index in [1.165, 1.54) is 32.2 Å². The van der Waals surface area contributed by atoms with Crippen molar-refractivity contribution in [1.82, 2.24) is 15.1 Å². The summed E-state index contributed by atoms with van der Waals surface area (Å²) in [6.07, 6.45) is 5.67. The van der Waals surface area contributed by atoms with Crippen LogP contribution in [0, 0.1) is 17.8 Å². The molecule has 3 rings (SSSR count). The molecule has 24 heavy (non-hydrogen) atoms. The molecule has 0 spiro atoms. The number of hydrogen-bond donors (Lipinski definition) is 1. The van der Waals surface area contributed by atoms with Crippen LogP contribution in [0.3, 0.4) is 0 Å². The van der Waals surface area contributed by atoms with Crippen molar-refractivity contribution in [1.29, 1.82) is 0 Å². The Labute approximate surface area is 147 Å². The number of carbonyl (C=O) groups is 1. The molecule has 138 valence electrons. The lowest BCUT2D eigenvalue weighted by Gasteiger charge is -2.38. The van der Waals surface area contributed by atoms with Crippen molar-refractivity contribution in [2.24, 2.45) is 17.8 Å². The fourth-order valence-corrected chi connectivity index (χ4v) is 4.41. The van der Waals surface area contributed by atoms with E-state index in [9.17, 15) is 4.79 Å². The molecule has 3 aliphatic heterocycles. The van der Waals surface area contributed by atoms with Crippen LogP contribution in [0.25, 0.3) is 0 Å². The lowest BCUT2D eigenvalue weighted by molar-refractivity contribution is -0.134. The minimum Gasteiger partial charge on any atom is -0.381 e. The van der Waals surface area contributed by atoms with Crippen LogP contribution in [0.1, 0.15) is 39.0 Å². The molecule has 5 heteroatoms. The fraction of sp³-hybridized carbons (Fsp3) is 0.947. The molecular formula is C19H35N3O2. The van der Waals surface area contributed by atoms with Crippen LogP contribution in [0.4, 0.5) is 0 Å². The highest BCUT2D eigenvalue weighted by Gasteiger charge is 2.27. The van der Waals surface area contributed by atoms with Crippen LogP contribution in [-0.4, -0.2) is 74.7 Å². The predicted octanol–water partition coefficient (Wildman–Crippen LogP) is 1.58. The molecule has 0 bridgehead atoms. The van der Waals surface area contributed by atoms with Crippen molar-refractivity contribution < 1.29 is 9.53 Å². The lowest BCUT2D eigenvalue weighted by Crippen LogP contribution is -2.50. The van der Waals surface area contributed by atoms with Crippen LogP contribution in [0.15, 0.2) is 0 Å². The van der Waals surface area contributed by atoms with E-state index in [2.05, 4.69) is 22.0 Å². The van der Waals surface area contributed by atoms with E-state index in [1.54, 1.807) is 0 Å². The van der Waals surface area contributed by atoms with Crippen LogP contribution in [0.5, 0.6) is 0 Å². The Morgan fingerprint density at radius 2 is 1.92 bits per heavy atom. The first-order chi connectivity index (χ1) is 11.7. The Bertz CT molecular complexity index is 384. The van der Waals surface area contributed by atoms with Gasteiger partial charge in [0.15, 0.2) is 0 Å². The number of amides is 1. The largest absolute Gasteiger partial charge is 0.381 e. The number of rotatable bonds is 5. The highest BCUT2D eigenvalue weighted by molar-refractivity contribution is 5.76. The molecular weight excluding hydrogens is 302 g/mol. The van der Waals surface area contributed by atoms with E-state index in [1.807, 2.05) is 0 Å². The van der Waals surface area contributed by atoms with E-state index < -0.39 is 0 Å². The molecule has 1 N–H and O–H groups in total. The van der Waals surface area contributed by atoms with Gasteiger partial charge in [-0.15, -0.1) is 0 Å². The van der Waals surface area contributed by atoms with Gasteiger partial charge in [0.25, 0.3) is 0 Å². The van der Waals surface area contributed by atoms with Gasteiger partial charge in [-0.3, -0.25) is 9.69 Å². The third-order valence-electron chi connectivity index (χ3n) is 6.22. The maximum atomic E-state index is 12.6. The van der Waals surface area contributed by atoms with Gasteiger partial charge in [0.2, 0.25) is 5.91 Å². The molecule has 0 radical (unpaired) electrons. The van der Waals surface area contributed by atoms with E-state index in [4.69, 9.17) is 4.74 Å². The number of hydrogen-bond acceptors (Lipinski definition) is 4. The SMILES string of the molecule is CC(CC(=O)N1CCN(CC2CCOCC2)CC1)C1CCCNC1. The first-order valence-electron chi connectivity index (χ1n) is 10.0. The number of ether oxygens (including phenoxy) is 1. The highest BCUT2D eigenvalue weighted by Crippen LogP contribution is 2.24. The zero-order valence-corrected chi connectivity index (χ0v) is 15.3. The maximum Gasteiger partial charge on any atom is 0.222 e. The average Bonchev–Trinajstić information content (AvgIpc) is 2.64. The molecule has 3 saturated heterocycles. The number of carbonyl (C=O) groups excluding carboxylic acids is 1. The van der Waals surface area contributed by atoms with Gasteiger partial charge < -0.3 is 15.0 Å². The van der Waals surface area contributed by atoms with Gasteiger partial charge in [0.05, 0.1) is 0 Å². The molecule has 5 nitrogen and oxygen atoms in total. The standard InChI is InChI=1S/C19H35N3O2/c1-16(18-3-2-6-20-14-18)13-19(23)22-9-7-21(8-10-22)15-17-4-11-24-12-5-17/h16-18,20H,2-15H2,1H3. The zero-order chi connectivity index (χ0) is 16.8. The minimum absolute atomic E-state index is 0.374. The Kier molecular flexibility index (Phi) is 6.93. The summed E-state index contributed by atoms with van der Waals surface area (Å²) >= 11 is 0. The third kappa shape index (κ3) is 5.17. The van der Waals surface area contributed by atoms with Gasteiger partial charge in [0.1, 0.15) is 0 Å². The second-order valence-electron chi connectivity index (χ2n) is 8.02. The summed E-state index contributed by atoms with van der Waals surface area (Å²) in [6.45, 7) is 11.5. The summed E-state index contributed by atoms with van der Waals surface area (Å²) in [5.74, 6) is 2.35. The highest BCUT2D eigenvalue weighted by atomic mass is 16.5. The normalized spacial score (nSPS) is 28.7. The van der Waals surface area contributed by atoms with Crippen molar-refractivity contribution >= 4 is 5.91 Å². The van der Waals surface area contributed by atoms with Gasteiger partial charge in [-0.05, 0) is 56.5 Å². The summed E-state index contributed by atoms with van der Waals surface area (Å²) in [5, 5.41) is 3.47. The Balaban J connectivity index is 1.36. The van der Waals surface area contributed by atoms with Gasteiger partial charge >= 0.3 is 0 Å². The Hall–Kier alpha value is -0.650.